The van der Waals surface area contributed by atoms with Gasteiger partial charge in [-0.15, -0.1) is 37.1 Å². The monoisotopic (exact) mass is 528 g/mol. The molecule has 2 rings (SSSR count). The molecule has 28 heavy (non-hydrogen) atoms. The molecule has 0 aliphatic heterocycles. The molecule has 0 atom stereocenters. The summed E-state index contributed by atoms with van der Waals surface area (Å²) in [6.07, 6.45) is -4.74. The summed E-state index contributed by atoms with van der Waals surface area (Å²) in [5.74, 6) is -0.553. The molecular weight excluding hydrogens is 512 g/mol. The Hall–Kier alpha value is -2.21. The van der Waals surface area contributed by atoms with Crippen molar-refractivity contribution in [3.63, 3.8) is 0 Å². The molecular formula is C17H17ClF3IN4O2. The minimum Gasteiger partial charge on any atom is -0.406 e. The number of carbonyl (C=O) groups is 1. The van der Waals surface area contributed by atoms with Gasteiger partial charge in [0.1, 0.15) is 5.75 Å². The third-order valence-electron chi connectivity index (χ3n) is 3.15. The Morgan fingerprint density at radius 2 is 1.71 bits per heavy atom. The number of carbonyl (C=O) groups excluding carboxylic acids is 1. The van der Waals surface area contributed by atoms with Gasteiger partial charge in [-0.3, -0.25) is 9.79 Å². The Morgan fingerprint density at radius 3 is 2.29 bits per heavy atom. The number of alkyl halides is 3. The van der Waals surface area contributed by atoms with E-state index < -0.39 is 6.36 Å². The van der Waals surface area contributed by atoms with E-state index in [-0.39, 0.29) is 54.7 Å². The van der Waals surface area contributed by atoms with Gasteiger partial charge in [0.15, 0.2) is 5.96 Å². The summed E-state index contributed by atoms with van der Waals surface area (Å²) >= 11 is 5.75. The van der Waals surface area contributed by atoms with E-state index in [0.717, 1.165) is 12.1 Å². The van der Waals surface area contributed by atoms with Crippen LogP contribution in [0, 0.1) is 0 Å². The molecule has 152 valence electrons. The molecule has 0 aromatic heterocycles. The zero-order chi connectivity index (χ0) is 19.9. The minimum atomic E-state index is -4.74. The Kier molecular flexibility index (Phi) is 9.32. The molecule has 0 spiro atoms. The minimum absolute atomic E-state index is 0. The molecule has 4 N–H and O–H groups in total. The van der Waals surface area contributed by atoms with Gasteiger partial charge in [0.2, 0.25) is 0 Å². The van der Waals surface area contributed by atoms with Gasteiger partial charge < -0.3 is 21.1 Å². The number of nitrogens with one attached hydrogen (secondary N) is 2. The highest BCUT2D eigenvalue weighted by Gasteiger charge is 2.30. The SMILES string of the molecule is I.NC(=NCCNC(=O)c1ccc(Cl)cc1)Nc1ccc(OC(F)(F)F)cc1. The third kappa shape index (κ3) is 8.65. The van der Waals surface area contributed by atoms with Crippen molar-refractivity contribution < 1.29 is 22.7 Å². The van der Waals surface area contributed by atoms with Crippen molar-refractivity contribution >= 4 is 53.1 Å². The summed E-state index contributed by atoms with van der Waals surface area (Å²) < 4.78 is 40.1. The van der Waals surface area contributed by atoms with Gasteiger partial charge in [0, 0.05) is 22.8 Å². The normalized spacial score (nSPS) is 11.4. The second-order valence-electron chi connectivity index (χ2n) is 5.23. The lowest BCUT2D eigenvalue weighted by Gasteiger charge is -2.10. The van der Waals surface area contributed by atoms with Crippen molar-refractivity contribution in [2.24, 2.45) is 10.7 Å². The Balaban J connectivity index is 0.00000392. The van der Waals surface area contributed by atoms with E-state index in [2.05, 4.69) is 20.4 Å². The van der Waals surface area contributed by atoms with Gasteiger partial charge in [-0.05, 0) is 48.5 Å². The summed E-state index contributed by atoms with van der Waals surface area (Å²) in [6.45, 7) is 0.468. The highest BCUT2D eigenvalue weighted by Crippen LogP contribution is 2.23. The quantitative estimate of drug-likeness (QED) is 0.229. The van der Waals surface area contributed by atoms with Crippen molar-refractivity contribution in [2.45, 2.75) is 6.36 Å². The van der Waals surface area contributed by atoms with E-state index in [9.17, 15) is 18.0 Å². The number of nitrogens with zero attached hydrogens (tertiary/aromatic N) is 1. The molecule has 0 radical (unpaired) electrons. The van der Waals surface area contributed by atoms with Crippen LogP contribution in [0.1, 0.15) is 10.4 Å². The standard InChI is InChI=1S/C17H16ClF3N4O2.HI/c18-12-3-1-11(2-4-12)15(26)23-9-10-24-16(22)25-13-5-7-14(8-6-13)27-17(19,20)21;/h1-8H,9-10H2,(H,23,26)(H3,22,24,25);1H. The van der Waals surface area contributed by atoms with E-state index in [1.165, 1.54) is 12.1 Å². The number of aliphatic imine (C=N–C) groups is 1. The fourth-order valence-electron chi connectivity index (χ4n) is 1.98. The molecule has 0 aliphatic carbocycles. The molecule has 11 heteroatoms. The van der Waals surface area contributed by atoms with E-state index in [1.54, 1.807) is 24.3 Å². The number of anilines is 1. The first kappa shape index (κ1) is 23.8. The molecule has 0 saturated carbocycles. The number of guanidine groups is 1. The lowest BCUT2D eigenvalue weighted by molar-refractivity contribution is -0.274. The second-order valence-corrected chi connectivity index (χ2v) is 5.66. The van der Waals surface area contributed by atoms with Crippen LogP contribution in [0.5, 0.6) is 5.75 Å². The molecule has 6 nitrogen and oxygen atoms in total. The lowest BCUT2D eigenvalue weighted by atomic mass is 10.2. The number of ether oxygens (including phenoxy) is 1. The van der Waals surface area contributed by atoms with Crippen LogP contribution in [-0.2, 0) is 0 Å². The van der Waals surface area contributed by atoms with Gasteiger partial charge >= 0.3 is 6.36 Å². The number of hydrogen-bond donors (Lipinski definition) is 3. The topological polar surface area (TPSA) is 88.7 Å². The van der Waals surface area contributed by atoms with Gasteiger partial charge in [0.25, 0.3) is 5.91 Å². The van der Waals surface area contributed by atoms with Gasteiger partial charge in [-0.1, -0.05) is 11.6 Å². The van der Waals surface area contributed by atoms with Gasteiger partial charge in [-0.2, -0.15) is 0 Å². The van der Waals surface area contributed by atoms with Crippen molar-refractivity contribution in [1.82, 2.24) is 5.32 Å². The Labute approximate surface area is 181 Å². The summed E-state index contributed by atoms with van der Waals surface area (Å²) in [6, 6.07) is 11.5. The number of rotatable bonds is 6. The summed E-state index contributed by atoms with van der Waals surface area (Å²) in [4.78, 5) is 15.9. The number of benzene rings is 2. The number of halogens is 5. The maximum absolute atomic E-state index is 12.1. The van der Waals surface area contributed by atoms with Gasteiger partial charge in [-0.25, -0.2) is 0 Å². The van der Waals surface area contributed by atoms with Crippen LogP contribution in [0.2, 0.25) is 5.02 Å². The molecule has 0 bridgehead atoms. The van der Waals surface area contributed by atoms with Crippen LogP contribution in [0.3, 0.4) is 0 Å². The van der Waals surface area contributed by atoms with Crippen LogP contribution >= 0.6 is 35.6 Å². The van der Waals surface area contributed by atoms with Gasteiger partial charge in [0.05, 0.1) is 6.54 Å². The van der Waals surface area contributed by atoms with E-state index >= 15 is 0 Å². The first-order chi connectivity index (χ1) is 12.7. The highest BCUT2D eigenvalue weighted by molar-refractivity contribution is 14.0. The third-order valence-corrected chi connectivity index (χ3v) is 3.40. The first-order valence-electron chi connectivity index (χ1n) is 7.69. The van der Waals surface area contributed by atoms with Crippen molar-refractivity contribution in [2.75, 3.05) is 18.4 Å². The Morgan fingerprint density at radius 1 is 1.11 bits per heavy atom. The van der Waals surface area contributed by atoms with Crippen molar-refractivity contribution in [1.29, 1.82) is 0 Å². The van der Waals surface area contributed by atoms with Crippen LogP contribution in [-0.4, -0.2) is 31.3 Å². The highest BCUT2D eigenvalue weighted by atomic mass is 127. The van der Waals surface area contributed by atoms with Crippen LogP contribution in [0.4, 0.5) is 18.9 Å². The summed E-state index contributed by atoms with van der Waals surface area (Å²) in [7, 11) is 0. The zero-order valence-electron chi connectivity index (χ0n) is 14.3. The van der Waals surface area contributed by atoms with Crippen LogP contribution < -0.4 is 21.1 Å². The molecule has 0 heterocycles. The predicted octanol–water partition coefficient (Wildman–Crippen LogP) is 4.01. The summed E-state index contributed by atoms with van der Waals surface area (Å²) in [5, 5.41) is 5.93. The molecule has 2 aromatic rings. The molecule has 0 fully saturated rings. The Bertz CT molecular complexity index is 800. The maximum Gasteiger partial charge on any atom is 0.573 e. The van der Waals surface area contributed by atoms with Crippen LogP contribution in [0.15, 0.2) is 53.5 Å². The summed E-state index contributed by atoms with van der Waals surface area (Å²) in [5.41, 5.74) is 6.60. The molecule has 1 amide bonds. The average Bonchev–Trinajstić information content (AvgIpc) is 2.59. The molecule has 0 unspecified atom stereocenters. The number of hydrogen-bond acceptors (Lipinski definition) is 3. The lowest BCUT2D eigenvalue weighted by Crippen LogP contribution is -2.28. The molecule has 0 saturated heterocycles. The fourth-order valence-corrected chi connectivity index (χ4v) is 2.10. The fraction of sp³-hybridized carbons (Fsp3) is 0.176. The second kappa shape index (κ2) is 11.0. The smallest absolute Gasteiger partial charge is 0.406 e. The first-order valence-corrected chi connectivity index (χ1v) is 8.07. The largest absolute Gasteiger partial charge is 0.573 e. The maximum atomic E-state index is 12.1. The van der Waals surface area contributed by atoms with Crippen molar-refractivity contribution in [3.8, 4) is 5.75 Å². The van der Waals surface area contributed by atoms with E-state index in [4.69, 9.17) is 17.3 Å². The van der Waals surface area contributed by atoms with E-state index in [1.807, 2.05) is 0 Å². The average molecular weight is 529 g/mol. The number of nitrogens with two attached hydrogens (primary N) is 1. The predicted molar refractivity (Wildman–Crippen MR) is 112 cm³/mol. The molecule has 2 aromatic carbocycles. The number of amides is 1. The zero-order valence-corrected chi connectivity index (χ0v) is 17.4. The van der Waals surface area contributed by atoms with Crippen molar-refractivity contribution in [3.05, 3.63) is 59.1 Å². The molecule has 0 aliphatic rings. The van der Waals surface area contributed by atoms with E-state index in [0.29, 0.717) is 16.3 Å². The van der Waals surface area contributed by atoms with Crippen LogP contribution in [0.25, 0.3) is 0 Å².